The number of aliphatic hydroxyl groups is 1. The molecule has 0 saturated heterocycles. The molecule has 6 nitrogen and oxygen atoms in total. The standard InChI is InChI=1S/C6H9N5O/c1-11-5(2-3-9-11)6(12)4-8-10-7/h2-3,6,12H,4H2,1H3/t6-/m1/s1. The lowest BCUT2D eigenvalue weighted by atomic mass is 10.2. The lowest BCUT2D eigenvalue weighted by Gasteiger charge is -2.06. The molecule has 1 N–H and O–H groups in total. The zero-order valence-corrected chi connectivity index (χ0v) is 6.62. The van der Waals surface area contributed by atoms with Gasteiger partial charge in [0.15, 0.2) is 0 Å². The van der Waals surface area contributed by atoms with Crippen molar-refractivity contribution in [2.24, 2.45) is 12.2 Å². The van der Waals surface area contributed by atoms with Crippen molar-refractivity contribution in [3.05, 3.63) is 28.4 Å². The summed E-state index contributed by atoms with van der Waals surface area (Å²) < 4.78 is 1.54. The first-order valence-electron chi connectivity index (χ1n) is 3.42. The van der Waals surface area contributed by atoms with Crippen LogP contribution < -0.4 is 0 Å². The Balaban J connectivity index is 2.70. The molecule has 1 heterocycles. The van der Waals surface area contributed by atoms with Crippen LogP contribution in [0.5, 0.6) is 0 Å². The van der Waals surface area contributed by atoms with Gasteiger partial charge < -0.3 is 5.11 Å². The molecule has 0 aliphatic rings. The Labute approximate surface area is 69.1 Å². The molecular weight excluding hydrogens is 158 g/mol. The molecule has 64 valence electrons. The molecule has 0 aliphatic heterocycles. The average molecular weight is 167 g/mol. The van der Waals surface area contributed by atoms with E-state index in [-0.39, 0.29) is 6.54 Å². The second-order valence-electron chi connectivity index (χ2n) is 2.31. The monoisotopic (exact) mass is 167 g/mol. The Hall–Kier alpha value is -1.52. The number of azide groups is 1. The van der Waals surface area contributed by atoms with Crippen LogP contribution in [0.2, 0.25) is 0 Å². The average Bonchev–Trinajstić information content (AvgIpc) is 2.47. The summed E-state index contributed by atoms with van der Waals surface area (Å²) in [6.45, 7) is 0.0377. The van der Waals surface area contributed by atoms with Gasteiger partial charge in [0.25, 0.3) is 0 Å². The SMILES string of the molecule is Cn1nccc1[C@H](O)CN=[N+]=[N-]. The number of nitrogens with zero attached hydrogens (tertiary/aromatic N) is 5. The summed E-state index contributed by atoms with van der Waals surface area (Å²) in [5.41, 5.74) is 8.65. The van der Waals surface area contributed by atoms with E-state index in [2.05, 4.69) is 15.1 Å². The molecule has 1 rings (SSSR count). The summed E-state index contributed by atoms with van der Waals surface area (Å²) in [5, 5.41) is 16.5. The van der Waals surface area contributed by atoms with Crippen LogP contribution in [0.25, 0.3) is 10.4 Å². The largest absolute Gasteiger partial charge is 0.387 e. The lowest BCUT2D eigenvalue weighted by molar-refractivity contribution is 0.177. The van der Waals surface area contributed by atoms with Crippen LogP contribution in [-0.4, -0.2) is 21.4 Å². The van der Waals surface area contributed by atoms with Gasteiger partial charge in [-0.15, -0.1) is 0 Å². The van der Waals surface area contributed by atoms with Crippen LogP contribution in [0.4, 0.5) is 0 Å². The predicted molar refractivity (Wildman–Crippen MR) is 42.2 cm³/mol. The fourth-order valence-electron chi connectivity index (χ4n) is 0.918. The van der Waals surface area contributed by atoms with Crippen LogP contribution in [0.1, 0.15) is 11.8 Å². The molecule has 0 bridgehead atoms. The Morgan fingerprint density at radius 2 is 2.67 bits per heavy atom. The van der Waals surface area contributed by atoms with Gasteiger partial charge in [-0.3, -0.25) is 4.68 Å². The van der Waals surface area contributed by atoms with Crippen molar-refractivity contribution in [3.63, 3.8) is 0 Å². The van der Waals surface area contributed by atoms with Gasteiger partial charge in [-0.05, 0) is 11.6 Å². The number of hydrogen-bond acceptors (Lipinski definition) is 3. The number of aryl methyl sites for hydroxylation is 1. The van der Waals surface area contributed by atoms with Gasteiger partial charge in [0.05, 0.1) is 12.2 Å². The maximum absolute atomic E-state index is 9.40. The van der Waals surface area contributed by atoms with E-state index in [0.717, 1.165) is 0 Å². The lowest BCUT2D eigenvalue weighted by Crippen LogP contribution is -2.07. The second-order valence-corrected chi connectivity index (χ2v) is 2.31. The quantitative estimate of drug-likeness (QED) is 0.409. The molecule has 0 radical (unpaired) electrons. The van der Waals surface area contributed by atoms with E-state index in [1.54, 1.807) is 19.3 Å². The van der Waals surface area contributed by atoms with Crippen molar-refractivity contribution in [2.75, 3.05) is 6.54 Å². The molecule has 12 heavy (non-hydrogen) atoms. The summed E-state index contributed by atoms with van der Waals surface area (Å²) in [7, 11) is 1.72. The van der Waals surface area contributed by atoms with Crippen molar-refractivity contribution in [3.8, 4) is 0 Å². The highest BCUT2D eigenvalue weighted by molar-refractivity contribution is 5.04. The van der Waals surface area contributed by atoms with Crippen molar-refractivity contribution in [1.29, 1.82) is 0 Å². The maximum atomic E-state index is 9.40. The third-order valence-electron chi connectivity index (χ3n) is 1.52. The van der Waals surface area contributed by atoms with Gasteiger partial charge in [-0.1, -0.05) is 5.11 Å². The predicted octanol–water partition coefficient (Wildman–Crippen LogP) is 0.764. The highest BCUT2D eigenvalue weighted by Crippen LogP contribution is 2.10. The Morgan fingerprint density at radius 1 is 1.92 bits per heavy atom. The fraction of sp³-hybridized carbons (Fsp3) is 0.500. The van der Waals surface area contributed by atoms with Crippen molar-refractivity contribution < 1.29 is 5.11 Å². The summed E-state index contributed by atoms with van der Waals surface area (Å²) >= 11 is 0. The van der Waals surface area contributed by atoms with E-state index in [4.69, 9.17) is 5.53 Å². The van der Waals surface area contributed by atoms with Crippen molar-refractivity contribution in [1.82, 2.24) is 9.78 Å². The topological polar surface area (TPSA) is 86.8 Å². The highest BCUT2D eigenvalue weighted by Gasteiger charge is 2.09. The molecular formula is C6H9N5O. The van der Waals surface area contributed by atoms with Gasteiger partial charge in [0, 0.05) is 18.2 Å². The zero-order chi connectivity index (χ0) is 8.97. The maximum Gasteiger partial charge on any atom is 0.101 e. The first-order chi connectivity index (χ1) is 5.75. The second kappa shape index (κ2) is 3.75. The fourth-order valence-corrected chi connectivity index (χ4v) is 0.918. The first kappa shape index (κ1) is 8.58. The summed E-state index contributed by atoms with van der Waals surface area (Å²) in [4.78, 5) is 2.55. The van der Waals surface area contributed by atoms with Gasteiger partial charge >= 0.3 is 0 Å². The Bertz CT molecular complexity index is 301. The number of aromatic nitrogens is 2. The normalized spacial score (nSPS) is 12.2. The summed E-state index contributed by atoms with van der Waals surface area (Å²) in [6, 6.07) is 1.68. The minimum Gasteiger partial charge on any atom is -0.387 e. The van der Waals surface area contributed by atoms with E-state index in [9.17, 15) is 5.11 Å². The molecule has 6 heteroatoms. The Kier molecular flexibility index (Phi) is 2.68. The third-order valence-corrected chi connectivity index (χ3v) is 1.52. The molecule has 0 spiro atoms. The van der Waals surface area contributed by atoms with Crippen LogP contribution >= 0.6 is 0 Å². The van der Waals surface area contributed by atoms with Gasteiger partial charge in [0.2, 0.25) is 0 Å². The van der Waals surface area contributed by atoms with E-state index >= 15 is 0 Å². The molecule has 0 unspecified atom stereocenters. The van der Waals surface area contributed by atoms with Crippen molar-refractivity contribution >= 4 is 0 Å². The highest BCUT2D eigenvalue weighted by atomic mass is 16.3. The summed E-state index contributed by atoms with van der Waals surface area (Å²) in [5.74, 6) is 0. The molecule has 1 aromatic heterocycles. The molecule has 0 aromatic carbocycles. The third kappa shape index (κ3) is 1.75. The number of rotatable bonds is 3. The van der Waals surface area contributed by atoms with Gasteiger partial charge in [0.1, 0.15) is 6.10 Å². The van der Waals surface area contributed by atoms with Crippen molar-refractivity contribution in [2.45, 2.75) is 6.10 Å². The van der Waals surface area contributed by atoms with Crippen LogP contribution in [-0.2, 0) is 7.05 Å². The smallest absolute Gasteiger partial charge is 0.101 e. The van der Waals surface area contributed by atoms with Crippen LogP contribution in [0.3, 0.4) is 0 Å². The number of hydrogen-bond donors (Lipinski definition) is 1. The van der Waals surface area contributed by atoms with E-state index in [1.807, 2.05) is 0 Å². The van der Waals surface area contributed by atoms with Crippen LogP contribution in [0, 0.1) is 0 Å². The molecule has 1 atom stereocenters. The molecule has 1 aromatic rings. The summed E-state index contributed by atoms with van der Waals surface area (Å²) in [6.07, 6.45) is 0.808. The molecule has 0 aliphatic carbocycles. The van der Waals surface area contributed by atoms with Gasteiger partial charge in [-0.2, -0.15) is 5.10 Å². The van der Waals surface area contributed by atoms with Gasteiger partial charge in [-0.25, -0.2) is 0 Å². The molecule has 0 saturated carbocycles. The van der Waals surface area contributed by atoms with Crippen LogP contribution in [0.15, 0.2) is 17.4 Å². The Morgan fingerprint density at radius 3 is 3.17 bits per heavy atom. The number of aliphatic hydroxyl groups excluding tert-OH is 1. The molecule has 0 fully saturated rings. The minimum absolute atomic E-state index is 0.0377. The molecule has 0 amide bonds. The minimum atomic E-state index is -0.770. The van der Waals surface area contributed by atoms with E-state index in [0.29, 0.717) is 5.69 Å². The first-order valence-corrected chi connectivity index (χ1v) is 3.42. The zero-order valence-electron chi connectivity index (χ0n) is 6.62. The van der Waals surface area contributed by atoms with E-state index in [1.165, 1.54) is 4.68 Å². The van der Waals surface area contributed by atoms with E-state index < -0.39 is 6.10 Å².